The number of nitrogens with zero attached hydrogens (tertiary/aromatic N) is 2. The Morgan fingerprint density at radius 2 is 1.02 bits per heavy atom. The normalized spacial score (nSPS) is 11.9. The second-order valence-electron chi connectivity index (χ2n) is 14.5. The highest BCUT2D eigenvalue weighted by molar-refractivity contribution is 7.26. The number of anilines is 3. The van der Waals surface area contributed by atoms with Gasteiger partial charge in [0.15, 0.2) is 0 Å². The lowest BCUT2D eigenvalue weighted by atomic mass is 9.95. The van der Waals surface area contributed by atoms with Gasteiger partial charge in [0.05, 0.1) is 21.4 Å². The van der Waals surface area contributed by atoms with E-state index in [1.807, 2.05) is 22.7 Å². The van der Waals surface area contributed by atoms with Gasteiger partial charge in [0.1, 0.15) is 0 Å². The molecule has 0 aliphatic heterocycles. The fourth-order valence-corrected chi connectivity index (χ4v) is 11.2. The van der Waals surface area contributed by atoms with Gasteiger partial charge in [-0.05, 0) is 83.2 Å². The Balaban J connectivity index is 1.22. The molecule has 0 unspecified atom stereocenters. The van der Waals surface area contributed by atoms with E-state index in [0.717, 1.165) is 17.1 Å². The number of thiophene rings is 2. The lowest BCUT2D eigenvalue weighted by Gasteiger charge is -2.26. The first-order valence-electron chi connectivity index (χ1n) is 19.0. The van der Waals surface area contributed by atoms with Gasteiger partial charge in [-0.2, -0.15) is 0 Å². The minimum atomic E-state index is 1.11. The first kappa shape index (κ1) is 31.6. The van der Waals surface area contributed by atoms with Crippen LogP contribution in [0.5, 0.6) is 0 Å². The summed E-state index contributed by atoms with van der Waals surface area (Å²) in [7, 11) is 0. The number of fused-ring (bicyclic) bond motifs is 11. The average Bonchev–Trinajstić information content (AvgIpc) is 3.94. The highest BCUT2D eigenvalue weighted by Gasteiger charge is 2.23. The maximum Gasteiger partial charge on any atom is 0.0641 e. The van der Waals surface area contributed by atoms with Crippen LogP contribution in [0, 0.1) is 0 Å². The molecule has 262 valence electrons. The van der Waals surface area contributed by atoms with Gasteiger partial charge < -0.3 is 9.47 Å². The zero-order valence-corrected chi connectivity index (χ0v) is 31.8. The van der Waals surface area contributed by atoms with Crippen LogP contribution in [-0.2, 0) is 0 Å². The predicted octanol–water partition coefficient (Wildman–Crippen LogP) is 15.8. The average molecular weight is 749 g/mol. The van der Waals surface area contributed by atoms with Crippen LogP contribution in [-0.4, -0.2) is 4.57 Å². The van der Waals surface area contributed by atoms with Crippen LogP contribution < -0.4 is 4.90 Å². The van der Waals surface area contributed by atoms with E-state index in [1.165, 1.54) is 89.7 Å². The van der Waals surface area contributed by atoms with Crippen molar-refractivity contribution in [2.45, 2.75) is 0 Å². The van der Waals surface area contributed by atoms with Gasteiger partial charge in [0.2, 0.25) is 0 Å². The Kier molecular flexibility index (Phi) is 7.00. The molecule has 0 saturated heterocycles. The molecule has 0 radical (unpaired) electrons. The first-order valence-corrected chi connectivity index (χ1v) is 20.6. The summed E-state index contributed by atoms with van der Waals surface area (Å²) in [6, 6.07) is 71.4. The van der Waals surface area contributed by atoms with Crippen molar-refractivity contribution in [1.29, 1.82) is 0 Å². The summed E-state index contributed by atoms with van der Waals surface area (Å²) in [4.78, 5) is 2.42. The topological polar surface area (TPSA) is 8.17 Å². The maximum atomic E-state index is 2.57. The third kappa shape index (κ3) is 4.73. The Bertz CT molecular complexity index is 3480. The van der Waals surface area contributed by atoms with Gasteiger partial charge in [-0.15, -0.1) is 22.7 Å². The van der Waals surface area contributed by atoms with Crippen molar-refractivity contribution in [1.82, 2.24) is 4.57 Å². The van der Waals surface area contributed by atoms with Gasteiger partial charge in [0, 0.05) is 68.9 Å². The molecule has 2 nitrogen and oxygen atoms in total. The number of hydrogen-bond acceptors (Lipinski definition) is 3. The highest BCUT2D eigenvalue weighted by atomic mass is 32.1. The maximum absolute atomic E-state index is 2.57. The molecular formula is C52H32N2S2. The Morgan fingerprint density at radius 1 is 0.393 bits per heavy atom. The van der Waals surface area contributed by atoms with Crippen molar-refractivity contribution in [2.24, 2.45) is 0 Å². The second kappa shape index (κ2) is 12.4. The Morgan fingerprint density at radius 3 is 1.84 bits per heavy atom. The van der Waals surface area contributed by atoms with E-state index in [2.05, 4.69) is 204 Å². The largest absolute Gasteiger partial charge is 0.310 e. The smallest absolute Gasteiger partial charge is 0.0641 e. The molecule has 3 aromatic heterocycles. The Hall–Kier alpha value is -6.72. The number of rotatable bonds is 5. The van der Waals surface area contributed by atoms with Crippen LogP contribution in [0.25, 0.3) is 89.7 Å². The number of para-hydroxylation sites is 1. The van der Waals surface area contributed by atoms with Crippen molar-refractivity contribution >= 4 is 113 Å². The molecule has 0 atom stereocenters. The minimum Gasteiger partial charge on any atom is -0.310 e. The fourth-order valence-electron chi connectivity index (χ4n) is 8.89. The van der Waals surface area contributed by atoms with Crippen molar-refractivity contribution in [2.75, 3.05) is 4.90 Å². The van der Waals surface area contributed by atoms with E-state index in [0.29, 0.717) is 0 Å². The lowest BCUT2D eigenvalue weighted by Crippen LogP contribution is -2.10. The van der Waals surface area contributed by atoms with E-state index >= 15 is 0 Å². The zero-order chi connectivity index (χ0) is 36.7. The molecular weight excluding hydrogens is 717 g/mol. The van der Waals surface area contributed by atoms with E-state index in [1.54, 1.807) is 0 Å². The molecule has 0 fully saturated rings. The summed E-state index contributed by atoms with van der Waals surface area (Å²) >= 11 is 3.75. The summed E-state index contributed by atoms with van der Waals surface area (Å²) in [5.41, 5.74) is 9.44. The molecule has 3 heterocycles. The SMILES string of the molecule is c1ccc(-c2cc3ccccc3c3c2c2ccc(N(c4ccccc4)c4ccc5sc6ccccc6c5c4)cc2n3-c2cccc3c2sc2ccccc23)cc1. The second-order valence-corrected chi connectivity index (χ2v) is 16.6. The molecule has 0 aliphatic rings. The van der Waals surface area contributed by atoms with Gasteiger partial charge in [-0.25, -0.2) is 0 Å². The van der Waals surface area contributed by atoms with Gasteiger partial charge in [-0.3, -0.25) is 0 Å². The summed E-state index contributed by atoms with van der Waals surface area (Å²) < 4.78 is 7.78. The first-order chi connectivity index (χ1) is 27.8. The monoisotopic (exact) mass is 748 g/mol. The van der Waals surface area contributed by atoms with Crippen LogP contribution in [0.2, 0.25) is 0 Å². The molecule has 12 aromatic rings. The summed E-state index contributed by atoms with van der Waals surface area (Å²) in [6.45, 7) is 0. The van der Waals surface area contributed by atoms with Crippen LogP contribution in [0.4, 0.5) is 17.1 Å². The minimum absolute atomic E-state index is 1.11. The van der Waals surface area contributed by atoms with E-state index in [9.17, 15) is 0 Å². The third-order valence-electron chi connectivity index (χ3n) is 11.3. The summed E-state index contributed by atoms with van der Waals surface area (Å²) in [6.07, 6.45) is 0. The molecule has 0 amide bonds. The van der Waals surface area contributed by atoms with Gasteiger partial charge in [-0.1, -0.05) is 127 Å². The van der Waals surface area contributed by atoms with Crippen LogP contribution in [0.15, 0.2) is 194 Å². The summed E-state index contributed by atoms with van der Waals surface area (Å²) in [5, 5.41) is 10.2. The molecule has 0 saturated carbocycles. The van der Waals surface area contributed by atoms with E-state index in [-0.39, 0.29) is 0 Å². The summed E-state index contributed by atoms with van der Waals surface area (Å²) in [5.74, 6) is 0. The van der Waals surface area contributed by atoms with Gasteiger partial charge >= 0.3 is 0 Å². The van der Waals surface area contributed by atoms with Crippen molar-refractivity contribution < 1.29 is 0 Å². The van der Waals surface area contributed by atoms with E-state index in [4.69, 9.17) is 0 Å². The molecule has 0 N–H and O–H groups in total. The predicted molar refractivity (Wildman–Crippen MR) is 244 cm³/mol. The molecule has 56 heavy (non-hydrogen) atoms. The van der Waals surface area contributed by atoms with Crippen LogP contribution in [0.3, 0.4) is 0 Å². The number of benzene rings is 9. The molecule has 9 aromatic carbocycles. The standard InChI is InChI=1S/C52H32N2S2/c1-3-14-33(15-4-1)43-30-34-16-7-8-19-38(34)51-50(43)42-28-26-37(32-46(42)54(51)45-23-13-22-41-39-20-9-12-25-48(39)56-52(41)45)53(35-17-5-2-6-18-35)36-27-29-49-44(31-36)40-21-10-11-24-47(40)55-49/h1-32H. The molecule has 4 heteroatoms. The van der Waals surface area contributed by atoms with Crippen molar-refractivity contribution in [3.8, 4) is 16.8 Å². The highest BCUT2D eigenvalue weighted by Crippen LogP contribution is 2.48. The van der Waals surface area contributed by atoms with Crippen molar-refractivity contribution in [3.05, 3.63) is 194 Å². The number of hydrogen-bond donors (Lipinski definition) is 0. The van der Waals surface area contributed by atoms with Crippen LogP contribution >= 0.6 is 22.7 Å². The molecule has 0 bridgehead atoms. The van der Waals surface area contributed by atoms with E-state index < -0.39 is 0 Å². The van der Waals surface area contributed by atoms with Crippen LogP contribution in [0.1, 0.15) is 0 Å². The molecule has 0 spiro atoms. The number of aromatic nitrogens is 1. The van der Waals surface area contributed by atoms with Gasteiger partial charge in [0.25, 0.3) is 0 Å². The third-order valence-corrected chi connectivity index (χ3v) is 13.7. The Labute approximate surface area is 331 Å². The molecule has 0 aliphatic carbocycles. The fraction of sp³-hybridized carbons (Fsp3) is 0. The quantitative estimate of drug-likeness (QED) is 0.170. The van der Waals surface area contributed by atoms with Crippen molar-refractivity contribution in [3.63, 3.8) is 0 Å². The zero-order valence-electron chi connectivity index (χ0n) is 30.2. The molecule has 12 rings (SSSR count). The lowest BCUT2D eigenvalue weighted by molar-refractivity contribution is 1.20.